The molecule has 0 aromatic heterocycles. The standard InChI is InChI=1S/C42H44N2O2/c1-39(2)25-45-37(43-39)41(5,6)29-21-17-27(18-22-29)35-31-13-9-11-15-33(31)36(34-16-12-10-14-32(34)35)28-19-23-30(24-20-28)42(7,8)38-44-40(3,4)26-46-38/h9-24H,25-26H2,1-8H3. The maximum atomic E-state index is 6.07. The number of ether oxygens (including phenoxy) is 2. The summed E-state index contributed by atoms with van der Waals surface area (Å²) >= 11 is 0. The van der Waals surface area contributed by atoms with Crippen molar-refractivity contribution >= 4 is 33.3 Å². The number of aliphatic imine (C=N–C) groups is 2. The van der Waals surface area contributed by atoms with E-state index in [1.807, 2.05) is 0 Å². The molecule has 0 bridgehead atoms. The van der Waals surface area contributed by atoms with Crippen LogP contribution in [0, 0.1) is 0 Å². The predicted octanol–water partition coefficient (Wildman–Crippen LogP) is 10.3. The van der Waals surface area contributed by atoms with Crippen LogP contribution >= 0.6 is 0 Å². The Balaban J connectivity index is 1.33. The zero-order chi connectivity index (χ0) is 32.5. The van der Waals surface area contributed by atoms with Gasteiger partial charge in [0, 0.05) is 0 Å². The van der Waals surface area contributed by atoms with Crippen LogP contribution in [-0.2, 0) is 20.3 Å². The third-order valence-corrected chi connectivity index (χ3v) is 9.72. The first-order valence-corrected chi connectivity index (χ1v) is 16.4. The second-order valence-electron chi connectivity index (χ2n) is 15.3. The summed E-state index contributed by atoms with van der Waals surface area (Å²) in [4.78, 5) is 9.79. The van der Waals surface area contributed by atoms with Crippen LogP contribution in [0.15, 0.2) is 107 Å². The monoisotopic (exact) mass is 608 g/mol. The SMILES string of the molecule is CC1(C)COC(C(C)(C)c2ccc(-c3c4ccccc4c(-c4ccc(C(C)(C)C5=NC(C)(C)CO5)cc4)c4ccccc34)cc2)=N1. The summed E-state index contributed by atoms with van der Waals surface area (Å²) in [7, 11) is 0. The van der Waals surface area contributed by atoms with Crippen LogP contribution in [0.25, 0.3) is 43.8 Å². The number of hydrogen-bond acceptors (Lipinski definition) is 4. The summed E-state index contributed by atoms with van der Waals surface area (Å²) in [6.45, 7) is 18.5. The van der Waals surface area contributed by atoms with E-state index < -0.39 is 0 Å². The summed E-state index contributed by atoms with van der Waals surface area (Å²) in [5, 5.41) is 4.98. The van der Waals surface area contributed by atoms with E-state index in [9.17, 15) is 0 Å². The molecule has 0 radical (unpaired) electrons. The molecule has 0 aliphatic carbocycles. The van der Waals surface area contributed by atoms with Crippen LogP contribution in [-0.4, -0.2) is 36.1 Å². The molecule has 5 aromatic carbocycles. The summed E-state index contributed by atoms with van der Waals surface area (Å²) in [5.74, 6) is 1.63. The van der Waals surface area contributed by atoms with Gasteiger partial charge in [-0.3, -0.25) is 0 Å². The molecule has 4 nitrogen and oxygen atoms in total. The molecule has 0 spiro atoms. The quantitative estimate of drug-likeness (QED) is 0.180. The molecule has 2 aliphatic heterocycles. The summed E-state index contributed by atoms with van der Waals surface area (Å²) in [6, 6.07) is 35.6. The molecule has 46 heavy (non-hydrogen) atoms. The van der Waals surface area contributed by atoms with Gasteiger partial charge in [0.15, 0.2) is 11.8 Å². The lowest BCUT2D eigenvalue weighted by Crippen LogP contribution is -2.29. The summed E-state index contributed by atoms with van der Waals surface area (Å²) in [6.07, 6.45) is 0. The number of rotatable bonds is 6. The smallest absolute Gasteiger partial charge is 0.194 e. The molecule has 0 N–H and O–H groups in total. The van der Waals surface area contributed by atoms with Gasteiger partial charge in [-0.05, 0) is 110 Å². The van der Waals surface area contributed by atoms with Gasteiger partial charge in [0.1, 0.15) is 13.2 Å². The topological polar surface area (TPSA) is 43.2 Å². The van der Waals surface area contributed by atoms with Crippen molar-refractivity contribution in [1.82, 2.24) is 0 Å². The molecule has 2 aliphatic rings. The first-order chi connectivity index (χ1) is 21.8. The lowest BCUT2D eigenvalue weighted by Gasteiger charge is -2.25. The van der Waals surface area contributed by atoms with Crippen molar-refractivity contribution in [2.24, 2.45) is 9.98 Å². The van der Waals surface area contributed by atoms with Gasteiger partial charge in [0.25, 0.3) is 0 Å². The van der Waals surface area contributed by atoms with Crippen molar-refractivity contribution in [2.45, 2.75) is 77.3 Å². The fraction of sp³-hybridized carbons (Fsp3) is 0.333. The lowest BCUT2D eigenvalue weighted by atomic mass is 9.81. The van der Waals surface area contributed by atoms with Crippen molar-refractivity contribution in [3.8, 4) is 22.3 Å². The molecular formula is C42H44N2O2. The molecule has 234 valence electrons. The minimum Gasteiger partial charge on any atom is -0.478 e. The van der Waals surface area contributed by atoms with E-state index in [0.717, 1.165) is 11.8 Å². The van der Waals surface area contributed by atoms with Gasteiger partial charge in [0.05, 0.1) is 21.9 Å². The number of benzene rings is 5. The Morgan fingerprint density at radius 3 is 1.04 bits per heavy atom. The Morgan fingerprint density at radius 2 is 0.783 bits per heavy atom. The van der Waals surface area contributed by atoms with Crippen molar-refractivity contribution in [3.63, 3.8) is 0 Å². The van der Waals surface area contributed by atoms with Gasteiger partial charge in [-0.2, -0.15) is 0 Å². The van der Waals surface area contributed by atoms with Crippen molar-refractivity contribution in [2.75, 3.05) is 13.2 Å². The summed E-state index contributed by atoms with van der Waals surface area (Å²) < 4.78 is 12.1. The van der Waals surface area contributed by atoms with Crippen LogP contribution < -0.4 is 0 Å². The van der Waals surface area contributed by atoms with Crippen LogP contribution in [0.5, 0.6) is 0 Å². The zero-order valence-corrected chi connectivity index (χ0v) is 28.4. The van der Waals surface area contributed by atoms with Gasteiger partial charge < -0.3 is 9.47 Å². The highest BCUT2D eigenvalue weighted by molar-refractivity contribution is 6.21. The minimum atomic E-state index is -0.312. The fourth-order valence-electron chi connectivity index (χ4n) is 6.91. The largest absolute Gasteiger partial charge is 0.478 e. The van der Waals surface area contributed by atoms with Crippen LogP contribution in [0.2, 0.25) is 0 Å². The normalized spacial score (nSPS) is 17.5. The van der Waals surface area contributed by atoms with Gasteiger partial charge in [-0.25, -0.2) is 9.98 Å². The van der Waals surface area contributed by atoms with Crippen molar-refractivity contribution in [3.05, 3.63) is 108 Å². The highest BCUT2D eigenvalue weighted by Gasteiger charge is 2.38. The first kappa shape index (κ1) is 30.2. The van der Waals surface area contributed by atoms with E-state index in [-0.39, 0.29) is 21.9 Å². The predicted molar refractivity (Wildman–Crippen MR) is 193 cm³/mol. The zero-order valence-electron chi connectivity index (χ0n) is 28.4. The lowest BCUT2D eigenvalue weighted by molar-refractivity contribution is 0.263. The van der Waals surface area contributed by atoms with E-state index in [0.29, 0.717) is 13.2 Å². The Morgan fingerprint density at radius 1 is 0.478 bits per heavy atom. The molecule has 7 rings (SSSR count). The maximum absolute atomic E-state index is 6.07. The fourth-order valence-corrected chi connectivity index (χ4v) is 6.91. The van der Waals surface area contributed by atoms with Gasteiger partial charge in [-0.15, -0.1) is 0 Å². The Hall–Kier alpha value is -4.44. The number of fused-ring (bicyclic) bond motifs is 2. The van der Waals surface area contributed by atoms with Crippen LogP contribution in [0.1, 0.15) is 66.5 Å². The maximum Gasteiger partial charge on any atom is 0.194 e. The molecular weight excluding hydrogens is 564 g/mol. The van der Waals surface area contributed by atoms with Gasteiger partial charge >= 0.3 is 0 Å². The third kappa shape index (κ3) is 5.08. The molecule has 0 unspecified atom stereocenters. The van der Waals surface area contributed by atoms with E-state index in [1.54, 1.807) is 0 Å². The molecule has 5 aromatic rings. The van der Waals surface area contributed by atoms with Crippen LogP contribution in [0.3, 0.4) is 0 Å². The molecule has 4 heteroatoms. The first-order valence-electron chi connectivity index (χ1n) is 16.4. The average molecular weight is 609 g/mol. The Kier molecular flexibility index (Phi) is 6.93. The third-order valence-electron chi connectivity index (χ3n) is 9.72. The average Bonchev–Trinajstić information content (AvgIpc) is 3.61. The highest BCUT2D eigenvalue weighted by atomic mass is 16.5. The van der Waals surface area contributed by atoms with E-state index in [1.165, 1.54) is 54.9 Å². The van der Waals surface area contributed by atoms with Gasteiger partial charge in [-0.1, -0.05) is 97.1 Å². The van der Waals surface area contributed by atoms with E-state index in [4.69, 9.17) is 19.5 Å². The van der Waals surface area contributed by atoms with E-state index in [2.05, 4.69) is 152 Å². The van der Waals surface area contributed by atoms with E-state index >= 15 is 0 Å². The Bertz CT molecular complexity index is 1820. The minimum absolute atomic E-state index is 0.182. The molecule has 0 saturated carbocycles. The molecule has 2 heterocycles. The van der Waals surface area contributed by atoms with Gasteiger partial charge in [0.2, 0.25) is 0 Å². The second kappa shape index (κ2) is 10.6. The van der Waals surface area contributed by atoms with Crippen molar-refractivity contribution < 1.29 is 9.47 Å². The molecule has 0 fully saturated rings. The molecule has 0 saturated heterocycles. The summed E-state index contributed by atoms with van der Waals surface area (Å²) in [5.41, 5.74) is 6.31. The number of hydrogen-bond donors (Lipinski definition) is 0. The Labute approximate surface area is 273 Å². The van der Waals surface area contributed by atoms with Crippen LogP contribution in [0.4, 0.5) is 0 Å². The number of nitrogens with zero attached hydrogens (tertiary/aromatic N) is 2. The molecule has 0 atom stereocenters. The highest BCUT2D eigenvalue weighted by Crippen LogP contribution is 2.44. The molecule has 0 amide bonds. The van der Waals surface area contributed by atoms with Crippen molar-refractivity contribution in [1.29, 1.82) is 0 Å². The second-order valence-corrected chi connectivity index (χ2v) is 15.3.